The topological polar surface area (TPSA) is 87.9 Å². The van der Waals surface area contributed by atoms with Crippen molar-refractivity contribution in [2.75, 3.05) is 0 Å². The van der Waals surface area contributed by atoms with Gasteiger partial charge in [0.15, 0.2) is 0 Å². The SMILES string of the molecule is CC(=O)OOc1ccc(OC(F)(F)F)cc1[N+](=O)[O-]. The molecule has 0 fully saturated rings. The second-order valence-electron chi connectivity index (χ2n) is 3.09. The van der Waals surface area contributed by atoms with E-state index in [0.29, 0.717) is 6.07 Å². The van der Waals surface area contributed by atoms with Crippen molar-refractivity contribution >= 4 is 11.7 Å². The van der Waals surface area contributed by atoms with E-state index in [1.807, 2.05) is 0 Å². The lowest BCUT2D eigenvalue weighted by molar-refractivity contribution is -0.388. The molecule has 0 atom stereocenters. The first-order chi connectivity index (χ1) is 8.69. The van der Waals surface area contributed by atoms with E-state index in [-0.39, 0.29) is 0 Å². The maximum Gasteiger partial charge on any atom is 0.573 e. The van der Waals surface area contributed by atoms with Crippen LogP contribution in [0.2, 0.25) is 0 Å². The molecule has 0 saturated carbocycles. The van der Waals surface area contributed by atoms with Gasteiger partial charge in [0.2, 0.25) is 0 Å². The standard InChI is InChI=1S/C9H6F3NO6/c1-5(14)18-19-8-3-2-6(17-9(10,11)12)4-7(8)13(15)16/h2-4H,1H3. The third-order valence-electron chi connectivity index (χ3n) is 1.61. The molecular weight excluding hydrogens is 275 g/mol. The average Bonchev–Trinajstić information content (AvgIpc) is 2.24. The number of carbonyl (C=O) groups excluding carboxylic acids is 1. The van der Waals surface area contributed by atoms with Crippen LogP contribution >= 0.6 is 0 Å². The number of ether oxygens (including phenoxy) is 1. The number of halogens is 3. The van der Waals surface area contributed by atoms with Crippen LogP contribution in [0.4, 0.5) is 18.9 Å². The van der Waals surface area contributed by atoms with Crippen LogP contribution in [0.1, 0.15) is 6.92 Å². The Morgan fingerprint density at radius 3 is 2.47 bits per heavy atom. The first-order valence-corrected chi connectivity index (χ1v) is 4.58. The summed E-state index contributed by atoms with van der Waals surface area (Å²) in [4.78, 5) is 28.5. The van der Waals surface area contributed by atoms with Crippen molar-refractivity contribution in [3.8, 4) is 11.5 Å². The van der Waals surface area contributed by atoms with Crippen molar-refractivity contribution in [3.05, 3.63) is 28.3 Å². The zero-order valence-electron chi connectivity index (χ0n) is 9.26. The average molecular weight is 281 g/mol. The number of nitro groups is 1. The lowest BCUT2D eigenvalue weighted by atomic mass is 10.3. The molecule has 0 radical (unpaired) electrons. The predicted octanol–water partition coefficient (Wildman–Crippen LogP) is 2.35. The highest BCUT2D eigenvalue weighted by atomic mass is 19.4. The fourth-order valence-electron chi connectivity index (χ4n) is 1.01. The molecule has 0 amide bonds. The van der Waals surface area contributed by atoms with Gasteiger partial charge in [-0.1, -0.05) is 0 Å². The largest absolute Gasteiger partial charge is 0.573 e. The molecule has 1 aromatic carbocycles. The Morgan fingerprint density at radius 2 is 2.00 bits per heavy atom. The highest BCUT2D eigenvalue weighted by Crippen LogP contribution is 2.33. The number of hydrogen-bond acceptors (Lipinski definition) is 6. The van der Waals surface area contributed by atoms with Crippen molar-refractivity contribution in [2.45, 2.75) is 13.3 Å². The quantitative estimate of drug-likeness (QED) is 0.478. The monoisotopic (exact) mass is 281 g/mol. The van der Waals surface area contributed by atoms with Gasteiger partial charge in [0.25, 0.3) is 5.75 Å². The van der Waals surface area contributed by atoms with E-state index in [2.05, 4.69) is 14.5 Å². The van der Waals surface area contributed by atoms with E-state index in [4.69, 9.17) is 0 Å². The molecule has 1 rings (SSSR count). The van der Waals surface area contributed by atoms with Crippen LogP contribution < -0.4 is 9.62 Å². The molecule has 0 unspecified atom stereocenters. The maximum atomic E-state index is 11.9. The minimum atomic E-state index is -4.98. The molecule has 0 heterocycles. The van der Waals surface area contributed by atoms with Crippen molar-refractivity contribution < 1.29 is 37.4 Å². The Morgan fingerprint density at radius 1 is 1.37 bits per heavy atom. The zero-order valence-corrected chi connectivity index (χ0v) is 9.26. The Kier molecular flexibility index (Phi) is 4.14. The van der Waals surface area contributed by atoms with Crippen molar-refractivity contribution in [3.63, 3.8) is 0 Å². The molecule has 0 saturated heterocycles. The van der Waals surface area contributed by atoms with Crippen LogP contribution in [0, 0.1) is 10.1 Å². The normalized spacial score (nSPS) is 10.7. The molecule has 0 aliphatic heterocycles. The first kappa shape index (κ1) is 14.5. The zero-order chi connectivity index (χ0) is 14.6. The van der Waals surface area contributed by atoms with E-state index in [1.165, 1.54) is 0 Å². The summed E-state index contributed by atoms with van der Waals surface area (Å²) in [6.07, 6.45) is -4.98. The first-order valence-electron chi connectivity index (χ1n) is 4.58. The predicted molar refractivity (Wildman–Crippen MR) is 52.2 cm³/mol. The van der Waals surface area contributed by atoms with Crippen molar-refractivity contribution in [1.82, 2.24) is 0 Å². The highest BCUT2D eigenvalue weighted by molar-refractivity contribution is 5.65. The number of nitro benzene ring substituents is 1. The van der Waals surface area contributed by atoms with Gasteiger partial charge >= 0.3 is 18.0 Å². The molecule has 7 nitrogen and oxygen atoms in total. The van der Waals surface area contributed by atoms with E-state index < -0.39 is 34.4 Å². The molecule has 19 heavy (non-hydrogen) atoms. The summed E-state index contributed by atoms with van der Waals surface area (Å²) in [6, 6.07) is 2.08. The fourth-order valence-corrected chi connectivity index (χ4v) is 1.01. The molecule has 0 aliphatic rings. The summed E-state index contributed by atoms with van der Waals surface area (Å²) < 4.78 is 39.3. The molecule has 10 heteroatoms. The fraction of sp³-hybridized carbons (Fsp3) is 0.222. The van der Waals surface area contributed by atoms with Gasteiger partial charge in [-0.3, -0.25) is 19.9 Å². The Hall–Kier alpha value is -2.52. The smallest absolute Gasteiger partial charge is 0.406 e. The number of alkyl halides is 3. The van der Waals surface area contributed by atoms with Crippen LogP contribution in [0.25, 0.3) is 0 Å². The van der Waals surface area contributed by atoms with Gasteiger partial charge in [0, 0.05) is 6.92 Å². The summed E-state index contributed by atoms with van der Waals surface area (Å²) in [7, 11) is 0. The van der Waals surface area contributed by atoms with Crippen molar-refractivity contribution in [2.24, 2.45) is 0 Å². The number of rotatable bonds is 4. The van der Waals surface area contributed by atoms with Gasteiger partial charge < -0.3 is 4.74 Å². The van der Waals surface area contributed by atoms with E-state index in [9.17, 15) is 28.1 Å². The summed E-state index contributed by atoms with van der Waals surface area (Å²) in [5.74, 6) is -2.21. The van der Waals surface area contributed by atoms with Gasteiger partial charge in [-0.05, 0) is 12.1 Å². The van der Waals surface area contributed by atoms with E-state index in [1.54, 1.807) is 0 Å². The molecule has 0 bridgehead atoms. The van der Waals surface area contributed by atoms with Crippen LogP contribution in [0.5, 0.6) is 11.5 Å². The van der Waals surface area contributed by atoms with Crippen LogP contribution in [-0.4, -0.2) is 17.3 Å². The molecule has 104 valence electrons. The van der Waals surface area contributed by atoms with Gasteiger partial charge in [-0.2, -0.15) is 0 Å². The number of nitrogens with zero attached hydrogens (tertiary/aromatic N) is 1. The van der Waals surface area contributed by atoms with Crippen LogP contribution in [0.15, 0.2) is 18.2 Å². The molecule has 0 aromatic heterocycles. The van der Waals surface area contributed by atoms with E-state index >= 15 is 0 Å². The maximum absolute atomic E-state index is 11.9. The third kappa shape index (κ3) is 4.69. The third-order valence-corrected chi connectivity index (χ3v) is 1.61. The lowest BCUT2D eigenvalue weighted by Crippen LogP contribution is -2.17. The van der Waals surface area contributed by atoms with Crippen LogP contribution in [0.3, 0.4) is 0 Å². The second-order valence-corrected chi connectivity index (χ2v) is 3.09. The summed E-state index contributed by atoms with van der Waals surface area (Å²) in [6.45, 7) is 0.979. The number of benzene rings is 1. The minimum absolute atomic E-state index is 0.492. The molecule has 1 aromatic rings. The Balaban J connectivity index is 3.01. The van der Waals surface area contributed by atoms with Gasteiger partial charge in [0.1, 0.15) is 5.75 Å². The Bertz CT molecular complexity index is 501. The van der Waals surface area contributed by atoms with Crippen molar-refractivity contribution in [1.29, 1.82) is 0 Å². The summed E-state index contributed by atoms with van der Waals surface area (Å²) >= 11 is 0. The van der Waals surface area contributed by atoms with E-state index in [0.717, 1.165) is 19.1 Å². The molecule has 0 aliphatic carbocycles. The molecule has 0 N–H and O–H groups in total. The number of hydrogen-bond donors (Lipinski definition) is 0. The summed E-state index contributed by atoms with van der Waals surface area (Å²) in [5.41, 5.74) is -0.844. The summed E-state index contributed by atoms with van der Waals surface area (Å²) in [5, 5.41) is 10.6. The Labute approximate surface area is 103 Å². The second kappa shape index (κ2) is 5.42. The van der Waals surface area contributed by atoms with Gasteiger partial charge in [-0.15, -0.1) is 13.2 Å². The van der Waals surface area contributed by atoms with Gasteiger partial charge in [0.05, 0.1) is 11.0 Å². The minimum Gasteiger partial charge on any atom is -0.406 e. The highest BCUT2D eigenvalue weighted by Gasteiger charge is 2.32. The molecular formula is C9H6F3NO6. The lowest BCUT2D eigenvalue weighted by Gasteiger charge is -2.09. The van der Waals surface area contributed by atoms with Gasteiger partial charge in [-0.25, -0.2) is 4.79 Å². The molecule has 0 spiro atoms. The van der Waals surface area contributed by atoms with Crippen LogP contribution in [-0.2, 0) is 9.68 Å². The number of carbonyl (C=O) groups is 1.